The van der Waals surface area contributed by atoms with Gasteiger partial charge in [-0.05, 0) is 32.8 Å². The maximum absolute atomic E-state index is 12.7. The average molecular weight is 318 g/mol. The van der Waals surface area contributed by atoms with E-state index in [1.807, 2.05) is 14.0 Å². The van der Waals surface area contributed by atoms with Gasteiger partial charge in [-0.15, -0.1) is 10.2 Å². The van der Waals surface area contributed by atoms with Gasteiger partial charge in [0.05, 0.1) is 17.7 Å². The monoisotopic (exact) mass is 318 g/mol. The van der Waals surface area contributed by atoms with Gasteiger partial charge < -0.3 is 19.0 Å². The second kappa shape index (κ2) is 5.81. The zero-order valence-electron chi connectivity index (χ0n) is 13.7. The highest BCUT2D eigenvalue weighted by atomic mass is 16.3. The zero-order chi connectivity index (χ0) is 16.6. The molecule has 0 spiro atoms. The molecule has 1 aliphatic heterocycles. The van der Waals surface area contributed by atoms with Crippen molar-refractivity contribution < 1.29 is 14.3 Å². The summed E-state index contributed by atoms with van der Waals surface area (Å²) in [6, 6.07) is 1.76. The van der Waals surface area contributed by atoms with Crippen LogP contribution < -0.4 is 0 Å². The highest BCUT2D eigenvalue weighted by Gasteiger charge is 2.37. The standard InChI is InChI=1S/C16H22N4O3/c1-11-7-13(12(2)23-11)15(21)20-6-4-5-16(22,9-20)8-14-18-17-10-19(14)3/h7,10,22H,4-6,8-9H2,1-3H3. The second-order valence-electron chi connectivity index (χ2n) is 6.42. The molecule has 0 radical (unpaired) electrons. The molecule has 1 N–H and O–H groups in total. The SMILES string of the molecule is Cc1cc(C(=O)N2CCCC(O)(Cc3nncn3C)C2)c(C)o1. The van der Waals surface area contributed by atoms with Crippen LogP contribution in [0.15, 0.2) is 16.8 Å². The maximum atomic E-state index is 12.7. The lowest BCUT2D eigenvalue weighted by Crippen LogP contribution is -2.51. The molecule has 1 fully saturated rings. The predicted molar refractivity (Wildman–Crippen MR) is 83.0 cm³/mol. The van der Waals surface area contributed by atoms with E-state index in [9.17, 15) is 9.90 Å². The Morgan fingerprint density at radius 1 is 1.48 bits per heavy atom. The molecule has 0 saturated carbocycles. The molecule has 0 aliphatic carbocycles. The Balaban J connectivity index is 1.76. The number of nitrogens with zero attached hydrogens (tertiary/aromatic N) is 4. The summed E-state index contributed by atoms with van der Waals surface area (Å²) >= 11 is 0. The van der Waals surface area contributed by atoms with Crippen molar-refractivity contribution >= 4 is 5.91 Å². The van der Waals surface area contributed by atoms with Crippen molar-refractivity contribution in [3.8, 4) is 0 Å². The van der Waals surface area contributed by atoms with Gasteiger partial charge in [0.2, 0.25) is 0 Å². The van der Waals surface area contributed by atoms with Crippen LogP contribution in [0.2, 0.25) is 0 Å². The quantitative estimate of drug-likeness (QED) is 0.920. The third-order valence-electron chi connectivity index (χ3n) is 4.41. The van der Waals surface area contributed by atoms with Crippen LogP contribution in [0, 0.1) is 13.8 Å². The van der Waals surface area contributed by atoms with Crippen LogP contribution >= 0.6 is 0 Å². The molecule has 1 atom stereocenters. The number of carbonyl (C=O) groups is 1. The van der Waals surface area contributed by atoms with Gasteiger partial charge >= 0.3 is 0 Å². The minimum atomic E-state index is -0.971. The van der Waals surface area contributed by atoms with Crippen LogP contribution in [0.25, 0.3) is 0 Å². The van der Waals surface area contributed by atoms with E-state index >= 15 is 0 Å². The molecule has 2 aromatic heterocycles. The summed E-state index contributed by atoms with van der Waals surface area (Å²) in [5, 5.41) is 18.8. The van der Waals surface area contributed by atoms with Crippen LogP contribution in [-0.2, 0) is 13.5 Å². The van der Waals surface area contributed by atoms with Gasteiger partial charge in [-0.25, -0.2) is 0 Å². The predicted octanol–water partition coefficient (Wildman–Crippen LogP) is 1.23. The third kappa shape index (κ3) is 3.14. The van der Waals surface area contributed by atoms with E-state index in [0.717, 1.165) is 18.0 Å². The van der Waals surface area contributed by atoms with Crippen LogP contribution in [0.3, 0.4) is 0 Å². The summed E-state index contributed by atoms with van der Waals surface area (Å²) in [6.45, 7) is 4.55. The number of piperidine rings is 1. The number of furan rings is 1. The first-order valence-electron chi connectivity index (χ1n) is 7.79. The Bertz CT molecular complexity index is 721. The fraction of sp³-hybridized carbons (Fsp3) is 0.562. The van der Waals surface area contributed by atoms with Crippen molar-refractivity contribution in [2.24, 2.45) is 7.05 Å². The van der Waals surface area contributed by atoms with Crippen molar-refractivity contribution in [3.63, 3.8) is 0 Å². The number of aliphatic hydroxyl groups is 1. The molecule has 1 aliphatic rings. The van der Waals surface area contributed by atoms with E-state index in [2.05, 4.69) is 10.2 Å². The summed E-state index contributed by atoms with van der Waals surface area (Å²) in [6.07, 6.45) is 3.40. The lowest BCUT2D eigenvalue weighted by molar-refractivity contribution is -0.0258. The molecule has 3 rings (SSSR count). The van der Waals surface area contributed by atoms with Crippen molar-refractivity contribution in [1.82, 2.24) is 19.7 Å². The molecule has 0 aromatic carbocycles. The number of likely N-dealkylation sites (tertiary alicyclic amines) is 1. The van der Waals surface area contributed by atoms with Gasteiger partial charge in [0.15, 0.2) is 0 Å². The minimum Gasteiger partial charge on any atom is -0.466 e. The summed E-state index contributed by atoms with van der Waals surface area (Å²) < 4.78 is 7.24. The van der Waals surface area contributed by atoms with Gasteiger partial charge in [0, 0.05) is 20.0 Å². The number of hydrogen-bond donors (Lipinski definition) is 1. The van der Waals surface area contributed by atoms with Gasteiger partial charge in [0.1, 0.15) is 23.7 Å². The first-order valence-corrected chi connectivity index (χ1v) is 7.79. The normalized spacial score (nSPS) is 21.7. The van der Waals surface area contributed by atoms with E-state index in [-0.39, 0.29) is 5.91 Å². The molecule has 3 heterocycles. The molecule has 1 amide bonds. The molecule has 7 nitrogen and oxygen atoms in total. The fourth-order valence-corrected chi connectivity index (χ4v) is 3.20. The third-order valence-corrected chi connectivity index (χ3v) is 4.41. The summed E-state index contributed by atoms with van der Waals surface area (Å²) in [5.41, 5.74) is -0.396. The van der Waals surface area contributed by atoms with Crippen LogP contribution in [-0.4, -0.2) is 49.4 Å². The Kier molecular flexibility index (Phi) is 3.97. The lowest BCUT2D eigenvalue weighted by atomic mass is 9.89. The maximum Gasteiger partial charge on any atom is 0.257 e. The number of hydrogen-bond acceptors (Lipinski definition) is 5. The van der Waals surface area contributed by atoms with Crippen molar-refractivity contribution in [1.29, 1.82) is 0 Å². The smallest absolute Gasteiger partial charge is 0.257 e. The minimum absolute atomic E-state index is 0.0876. The number of β-amino-alcohol motifs (C(OH)–C–C–N with tert-alkyl or cyclic N) is 1. The number of aryl methyl sites for hydroxylation is 3. The highest BCUT2D eigenvalue weighted by molar-refractivity contribution is 5.95. The largest absolute Gasteiger partial charge is 0.466 e. The molecule has 7 heteroatoms. The van der Waals surface area contributed by atoms with E-state index in [1.54, 1.807) is 28.8 Å². The van der Waals surface area contributed by atoms with Gasteiger partial charge in [0.25, 0.3) is 5.91 Å². The summed E-state index contributed by atoms with van der Waals surface area (Å²) in [7, 11) is 1.85. The Labute approximate surface area is 134 Å². The van der Waals surface area contributed by atoms with Gasteiger partial charge in [-0.2, -0.15) is 0 Å². The molecule has 0 bridgehead atoms. The Hall–Kier alpha value is -2.15. The van der Waals surface area contributed by atoms with Gasteiger partial charge in [-0.3, -0.25) is 4.79 Å². The fourth-order valence-electron chi connectivity index (χ4n) is 3.20. The number of carbonyl (C=O) groups excluding carboxylic acids is 1. The van der Waals surface area contributed by atoms with E-state index in [4.69, 9.17) is 4.42 Å². The number of amides is 1. The van der Waals surface area contributed by atoms with Crippen molar-refractivity contribution in [2.75, 3.05) is 13.1 Å². The topological polar surface area (TPSA) is 84.4 Å². The van der Waals surface area contributed by atoms with E-state index in [1.165, 1.54) is 0 Å². The van der Waals surface area contributed by atoms with Crippen LogP contribution in [0.1, 0.15) is 40.5 Å². The van der Waals surface area contributed by atoms with Gasteiger partial charge in [-0.1, -0.05) is 0 Å². The Morgan fingerprint density at radius 3 is 2.87 bits per heavy atom. The molecule has 1 saturated heterocycles. The summed E-state index contributed by atoms with van der Waals surface area (Å²) in [4.78, 5) is 14.4. The summed E-state index contributed by atoms with van der Waals surface area (Å²) in [5.74, 6) is 1.97. The van der Waals surface area contributed by atoms with Crippen LogP contribution in [0.4, 0.5) is 0 Å². The molecule has 124 valence electrons. The second-order valence-corrected chi connectivity index (χ2v) is 6.42. The average Bonchev–Trinajstić information content (AvgIpc) is 3.03. The lowest BCUT2D eigenvalue weighted by Gasteiger charge is -2.39. The molecular formula is C16H22N4O3. The molecule has 1 unspecified atom stereocenters. The Morgan fingerprint density at radius 2 is 2.26 bits per heavy atom. The first kappa shape index (κ1) is 15.7. The van der Waals surface area contributed by atoms with Crippen molar-refractivity contribution in [2.45, 2.75) is 38.7 Å². The molecule has 2 aromatic rings. The van der Waals surface area contributed by atoms with Crippen molar-refractivity contribution in [3.05, 3.63) is 35.3 Å². The molecule has 23 heavy (non-hydrogen) atoms. The number of rotatable bonds is 3. The van der Waals surface area contributed by atoms with E-state index in [0.29, 0.717) is 37.3 Å². The first-order chi connectivity index (χ1) is 10.9. The molecular weight excluding hydrogens is 296 g/mol. The zero-order valence-corrected chi connectivity index (χ0v) is 13.7. The number of aromatic nitrogens is 3. The van der Waals surface area contributed by atoms with Crippen LogP contribution in [0.5, 0.6) is 0 Å². The van der Waals surface area contributed by atoms with E-state index < -0.39 is 5.60 Å². The highest BCUT2D eigenvalue weighted by Crippen LogP contribution is 2.27.